The highest BCUT2D eigenvalue weighted by Crippen LogP contribution is 2.34. The highest BCUT2D eigenvalue weighted by Gasteiger charge is 2.28. The Bertz CT molecular complexity index is 444. The number of fused-ring (bicyclic) bond motifs is 1. The molecule has 1 amide bonds. The SMILES string of the molecule is CC(CCN)C(=O)N(C)C1CCCc2ccccc21. The van der Waals surface area contributed by atoms with E-state index in [0.29, 0.717) is 6.54 Å². The van der Waals surface area contributed by atoms with Gasteiger partial charge in [-0.3, -0.25) is 4.79 Å². The summed E-state index contributed by atoms with van der Waals surface area (Å²) < 4.78 is 0. The maximum absolute atomic E-state index is 12.4. The maximum atomic E-state index is 12.4. The quantitative estimate of drug-likeness (QED) is 0.904. The normalized spacial score (nSPS) is 19.6. The number of amides is 1. The number of hydrogen-bond donors (Lipinski definition) is 1. The molecule has 0 aliphatic heterocycles. The number of carbonyl (C=O) groups is 1. The molecule has 1 aromatic carbocycles. The van der Waals surface area contributed by atoms with Gasteiger partial charge in [-0.1, -0.05) is 31.2 Å². The van der Waals surface area contributed by atoms with Crippen molar-refractivity contribution in [2.75, 3.05) is 13.6 Å². The smallest absolute Gasteiger partial charge is 0.225 e. The zero-order chi connectivity index (χ0) is 13.8. The lowest BCUT2D eigenvalue weighted by atomic mass is 9.86. The van der Waals surface area contributed by atoms with Crippen LogP contribution in [0.15, 0.2) is 24.3 Å². The molecule has 0 radical (unpaired) electrons. The fraction of sp³-hybridized carbons (Fsp3) is 0.562. The van der Waals surface area contributed by atoms with Gasteiger partial charge >= 0.3 is 0 Å². The van der Waals surface area contributed by atoms with E-state index >= 15 is 0 Å². The second-order valence-electron chi connectivity index (χ2n) is 5.53. The van der Waals surface area contributed by atoms with E-state index in [1.54, 1.807) is 0 Å². The average Bonchev–Trinajstić information content (AvgIpc) is 2.45. The van der Waals surface area contributed by atoms with Gasteiger partial charge in [-0.2, -0.15) is 0 Å². The summed E-state index contributed by atoms with van der Waals surface area (Å²) in [5, 5.41) is 0. The summed E-state index contributed by atoms with van der Waals surface area (Å²) in [4.78, 5) is 14.3. The highest BCUT2D eigenvalue weighted by atomic mass is 16.2. The topological polar surface area (TPSA) is 46.3 Å². The van der Waals surface area contributed by atoms with Crippen molar-refractivity contribution in [1.29, 1.82) is 0 Å². The molecule has 2 rings (SSSR count). The lowest BCUT2D eigenvalue weighted by molar-refractivity contribution is -0.136. The van der Waals surface area contributed by atoms with Crippen LogP contribution in [0.5, 0.6) is 0 Å². The summed E-state index contributed by atoms with van der Waals surface area (Å²) in [7, 11) is 1.93. The maximum Gasteiger partial charge on any atom is 0.225 e. The Balaban J connectivity index is 2.16. The zero-order valence-electron chi connectivity index (χ0n) is 11.9. The number of aryl methyl sites for hydroxylation is 1. The van der Waals surface area contributed by atoms with E-state index in [-0.39, 0.29) is 17.9 Å². The first-order valence-electron chi connectivity index (χ1n) is 7.19. The Labute approximate surface area is 115 Å². The van der Waals surface area contributed by atoms with Crippen molar-refractivity contribution in [3.63, 3.8) is 0 Å². The highest BCUT2D eigenvalue weighted by molar-refractivity contribution is 5.78. The average molecular weight is 260 g/mol. The van der Waals surface area contributed by atoms with E-state index in [1.165, 1.54) is 11.1 Å². The molecule has 0 saturated carbocycles. The van der Waals surface area contributed by atoms with Gasteiger partial charge in [-0.25, -0.2) is 0 Å². The van der Waals surface area contributed by atoms with Crippen LogP contribution in [-0.2, 0) is 11.2 Å². The molecule has 2 unspecified atom stereocenters. The number of benzene rings is 1. The van der Waals surface area contributed by atoms with Gasteiger partial charge in [0.05, 0.1) is 6.04 Å². The van der Waals surface area contributed by atoms with Crippen molar-refractivity contribution < 1.29 is 4.79 Å². The molecule has 19 heavy (non-hydrogen) atoms. The van der Waals surface area contributed by atoms with Crippen molar-refractivity contribution in [3.8, 4) is 0 Å². The lowest BCUT2D eigenvalue weighted by Gasteiger charge is -2.34. The minimum atomic E-state index is 0.0177. The standard InChI is InChI=1S/C16H24N2O/c1-12(10-11-17)16(19)18(2)15-9-5-7-13-6-3-4-8-14(13)15/h3-4,6,8,12,15H,5,7,9-11,17H2,1-2H3. The van der Waals surface area contributed by atoms with Gasteiger partial charge in [-0.05, 0) is 43.4 Å². The van der Waals surface area contributed by atoms with Crippen molar-refractivity contribution in [1.82, 2.24) is 4.90 Å². The van der Waals surface area contributed by atoms with E-state index in [4.69, 9.17) is 5.73 Å². The van der Waals surface area contributed by atoms with Crippen LogP contribution >= 0.6 is 0 Å². The van der Waals surface area contributed by atoms with E-state index in [9.17, 15) is 4.79 Å². The van der Waals surface area contributed by atoms with Crippen LogP contribution in [0, 0.1) is 5.92 Å². The number of carbonyl (C=O) groups excluding carboxylic acids is 1. The third kappa shape index (κ3) is 2.98. The Morgan fingerprint density at radius 1 is 1.47 bits per heavy atom. The fourth-order valence-electron chi connectivity index (χ4n) is 3.01. The van der Waals surface area contributed by atoms with Crippen LogP contribution in [0.25, 0.3) is 0 Å². The van der Waals surface area contributed by atoms with Gasteiger partial charge in [0.15, 0.2) is 0 Å². The minimum absolute atomic E-state index is 0.0177. The molecule has 0 heterocycles. The van der Waals surface area contributed by atoms with Crippen molar-refractivity contribution in [2.45, 2.75) is 38.6 Å². The third-order valence-corrected chi connectivity index (χ3v) is 4.17. The van der Waals surface area contributed by atoms with Crippen LogP contribution in [-0.4, -0.2) is 24.4 Å². The summed E-state index contributed by atoms with van der Waals surface area (Å²) in [6.45, 7) is 2.54. The Kier molecular flexibility index (Phi) is 4.59. The first-order valence-corrected chi connectivity index (χ1v) is 7.19. The van der Waals surface area contributed by atoms with Crippen molar-refractivity contribution >= 4 is 5.91 Å². The molecule has 3 nitrogen and oxygen atoms in total. The minimum Gasteiger partial charge on any atom is -0.338 e. The number of rotatable bonds is 4. The molecular weight excluding hydrogens is 236 g/mol. The second-order valence-corrected chi connectivity index (χ2v) is 5.53. The molecule has 0 spiro atoms. The Morgan fingerprint density at radius 3 is 2.95 bits per heavy atom. The zero-order valence-corrected chi connectivity index (χ0v) is 11.9. The Hall–Kier alpha value is -1.35. The molecule has 1 aliphatic rings. The predicted octanol–water partition coefficient (Wildman–Crippen LogP) is 2.51. The monoisotopic (exact) mass is 260 g/mol. The summed E-state index contributed by atoms with van der Waals surface area (Å²) in [5.41, 5.74) is 8.27. The first kappa shape index (κ1) is 14.1. The molecule has 0 fully saturated rings. The van der Waals surface area contributed by atoms with E-state index in [2.05, 4.69) is 24.3 Å². The lowest BCUT2D eigenvalue weighted by Crippen LogP contribution is -2.37. The number of nitrogens with two attached hydrogens (primary N) is 1. The molecule has 3 heteroatoms. The van der Waals surface area contributed by atoms with Gasteiger partial charge in [0.25, 0.3) is 0 Å². The molecular formula is C16H24N2O. The Morgan fingerprint density at radius 2 is 2.21 bits per heavy atom. The van der Waals surface area contributed by atoms with E-state index < -0.39 is 0 Å². The predicted molar refractivity (Wildman–Crippen MR) is 77.7 cm³/mol. The van der Waals surface area contributed by atoms with Crippen LogP contribution in [0.2, 0.25) is 0 Å². The van der Waals surface area contributed by atoms with Gasteiger partial charge in [-0.15, -0.1) is 0 Å². The van der Waals surface area contributed by atoms with Crippen LogP contribution in [0.4, 0.5) is 0 Å². The molecule has 0 saturated heterocycles. The van der Waals surface area contributed by atoms with Gasteiger partial charge < -0.3 is 10.6 Å². The summed E-state index contributed by atoms with van der Waals surface area (Å²) in [6, 6.07) is 8.73. The van der Waals surface area contributed by atoms with Crippen LogP contribution in [0.3, 0.4) is 0 Å². The van der Waals surface area contributed by atoms with Crippen molar-refractivity contribution in [2.24, 2.45) is 11.7 Å². The molecule has 0 aromatic heterocycles. The molecule has 1 aromatic rings. The van der Waals surface area contributed by atoms with Crippen LogP contribution in [0.1, 0.15) is 43.4 Å². The molecule has 104 valence electrons. The number of hydrogen-bond acceptors (Lipinski definition) is 2. The van der Waals surface area contributed by atoms with Gasteiger partial charge in [0.2, 0.25) is 5.91 Å². The summed E-state index contributed by atoms with van der Waals surface area (Å²) in [6.07, 6.45) is 4.11. The van der Waals surface area contributed by atoms with Crippen LogP contribution < -0.4 is 5.73 Å². The van der Waals surface area contributed by atoms with Gasteiger partial charge in [0.1, 0.15) is 0 Å². The summed E-state index contributed by atoms with van der Waals surface area (Å²) >= 11 is 0. The first-order chi connectivity index (χ1) is 9.15. The molecule has 0 bridgehead atoms. The molecule has 2 atom stereocenters. The summed E-state index contributed by atoms with van der Waals surface area (Å²) in [5.74, 6) is 0.233. The second kappa shape index (κ2) is 6.20. The third-order valence-electron chi connectivity index (χ3n) is 4.17. The largest absolute Gasteiger partial charge is 0.338 e. The van der Waals surface area contributed by atoms with E-state index in [1.807, 2.05) is 18.9 Å². The number of nitrogens with zero attached hydrogens (tertiary/aromatic N) is 1. The van der Waals surface area contributed by atoms with Gasteiger partial charge in [0, 0.05) is 13.0 Å². The van der Waals surface area contributed by atoms with E-state index in [0.717, 1.165) is 25.7 Å². The fourth-order valence-corrected chi connectivity index (χ4v) is 3.01. The molecule has 1 aliphatic carbocycles. The molecule has 2 N–H and O–H groups in total. The van der Waals surface area contributed by atoms with Crippen molar-refractivity contribution in [3.05, 3.63) is 35.4 Å².